The minimum atomic E-state index is -0.246. The monoisotopic (exact) mass is 171 g/mol. The van der Waals surface area contributed by atoms with Crippen LogP contribution in [0.15, 0.2) is 0 Å². The second kappa shape index (κ2) is 3.00. The molecule has 0 bridgehead atoms. The number of nitrogens with zero attached hydrogens (tertiary/aromatic N) is 3. The van der Waals surface area contributed by atoms with E-state index in [2.05, 4.69) is 0 Å². The molecule has 0 saturated carbocycles. The highest BCUT2D eigenvalue weighted by Gasteiger charge is 2.31. The van der Waals surface area contributed by atoms with Crippen LogP contribution in [0.2, 0.25) is 0 Å². The lowest BCUT2D eigenvalue weighted by molar-refractivity contribution is 0.0983. The highest BCUT2D eigenvalue weighted by atomic mass is 16.2. The average Bonchev–Trinajstić information content (AvgIpc) is 2.08. The van der Waals surface area contributed by atoms with Gasteiger partial charge in [-0.2, -0.15) is 0 Å². The van der Waals surface area contributed by atoms with E-state index in [9.17, 15) is 9.59 Å². The molecule has 0 aliphatic carbocycles. The fraction of sp³-hybridized carbons (Fsp3) is 0.714. The Labute approximate surface area is 71.5 Å². The van der Waals surface area contributed by atoms with Gasteiger partial charge in [0.2, 0.25) is 0 Å². The van der Waals surface area contributed by atoms with Gasteiger partial charge in [0, 0.05) is 20.6 Å². The summed E-state index contributed by atoms with van der Waals surface area (Å²) in [6.07, 6.45) is 0. The molecule has 68 valence electrons. The van der Waals surface area contributed by atoms with Crippen molar-refractivity contribution >= 4 is 12.1 Å². The number of hydrogen-bond acceptors (Lipinski definition) is 2. The standard InChI is InChI=1S/C7H13N3O2/c1-4-10-5-8(2)6(11)9(3)7(10)12/h4-5H2,1-3H3. The number of carbonyl (C=O) groups is 2. The van der Waals surface area contributed by atoms with E-state index >= 15 is 0 Å². The van der Waals surface area contributed by atoms with E-state index in [-0.39, 0.29) is 12.1 Å². The summed E-state index contributed by atoms with van der Waals surface area (Å²) in [5.74, 6) is 0. The highest BCUT2D eigenvalue weighted by Crippen LogP contribution is 2.07. The lowest BCUT2D eigenvalue weighted by atomic mass is 10.5. The first kappa shape index (κ1) is 8.83. The SMILES string of the molecule is CCN1CN(C)C(=O)N(C)C1=O. The third kappa shape index (κ3) is 1.22. The molecule has 0 atom stereocenters. The molecule has 1 aliphatic rings. The molecule has 12 heavy (non-hydrogen) atoms. The summed E-state index contributed by atoms with van der Waals surface area (Å²) in [7, 11) is 3.16. The molecule has 1 fully saturated rings. The van der Waals surface area contributed by atoms with Gasteiger partial charge in [0.25, 0.3) is 0 Å². The van der Waals surface area contributed by atoms with Crippen molar-refractivity contribution in [3.63, 3.8) is 0 Å². The quantitative estimate of drug-likeness (QED) is 0.572. The van der Waals surface area contributed by atoms with Crippen LogP contribution in [0.4, 0.5) is 9.59 Å². The van der Waals surface area contributed by atoms with Crippen molar-refractivity contribution < 1.29 is 9.59 Å². The van der Waals surface area contributed by atoms with E-state index in [4.69, 9.17) is 0 Å². The van der Waals surface area contributed by atoms with E-state index in [1.807, 2.05) is 6.92 Å². The fourth-order valence-corrected chi connectivity index (χ4v) is 1.16. The Hall–Kier alpha value is -1.26. The number of rotatable bonds is 1. The maximum absolute atomic E-state index is 11.3. The molecule has 1 rings (SSSR count). The van der Waals surface area contributed by atoms with Gasteiger partial charge in [-0.1, -0.05) is 0 Å². The largest absolute Gasteiger partial charge is 0.329 e. The third-order valence-electron chi connectivity index (χ3n) is 1.94. The minimum absolute atomic E-state index is 0.222. The molecule has 1 saturated heterocycles. The van der Waals surface area contributed by atoms with Crippen LogP contribution in [0, 0.1) is 0 Å². The van der Waals surface area contributed by atoms with Gasteiger partial charge in [-0.05, 0) is 6.92 Å². The number of imide groups is 1. The van der Waals surface area contributed by atoms with Crippen molar-refractivity contribution in [2.45, 2.75) is 6.92 Å². The molecule has 0 unspecified atom stereocenters. The van der Waals surface area contributed by atoms with Crippen LogP contribution in [0.1, 0.15) is 6.92 Å². The lowest BCUT2D eigenvalue weighted by Crippen LogP contribution is -2.58. The summed E-state index contributed by atoms with van der Waals surface area (Å²) >= 11 is 0. The van der Waals surface area contributed by atoms with Crippen LogP contribution in [-0.2, 0) is 0 Å². The molecule has 4 amide bonds. The molecule has 0 aromatic heterocycles. The van der Waals surface area contributed by atoms with Crippen molar-refractivity contribution in [3.8, 4) is 0 Å². The van der Waals surface area contributed by atoms with E-state index in [1.54, 1.807) is 11.9 Å². The summed E-state index contributed by atoms with van der Waals surface area (Å²) in [6, 6.07) is -0.467. The Balaban J connectivity index is 2.77. The molecule has 1 aliphatic heterocycles. The zero-order valence-electron chi connectivity index (χ0n) is 7.57. The molecule has 1 heterocycles. The van der Waals surface area contributed by atoms with Crippen molar-refractivity contribution in [1.82, 2.24) is 14.7 Å². The van der Waals surface area contributed by atoms with Gasteiger partial charge in [-0.25, -0.2) is 14.5 Å². The molecule has 5 nitrogen and oxygen atoms in total. The minimum Gasteiger partial charge on any atom is -0.309 e. The van der Waals surface area contributed by atoms with Crippen molar-refractivity contribution in [3.05, 3.63) is 0 Å². The molecule has 0 N–H and O–H groups in total. The van der Waals surface area contributed by atoms with Crippen molar-refractivity contribution in [2.24, 2.45) is 0 Å². The summed E-state index contributed by atoms with van der Waals surface area (Å²) in [6.45, 7) is 2.90. The number of hydrogen-bond donors (Lipinski definition) is 0. The number of urea groups is 2. The summed E-state index contributed by atoms with van der Waals surface area (Å²) in [4.78, 5) is 26.7. The lowest BCUT2D eigenvalue weighted by Gasteiger charge is -2.37. The van der Waals surface area contributed by atoms with E-state index in [0.717, 1.165) is 4.90 Å². The van der Waals surface area contributed by atoms with Crippen molar-refractivity contribution in [1.29, 1.82) is 0 Å². The molecule has 5 heteroatoms. The molecule has 0 aromatic rings. The highest BCUT2D eigenvalue weighted by molar-refractivity contribution is 5.95. The van der Waals surface area contributed by atoms with Gasteiger partial charge in [0.05, 0.1) is 6.67 Å². The van der Waals surface area contributed by atoms with Crippen LogP contribution in [-0.4, -0.2) is 54.1 Å². The van der Waals surface area contributed by atoms with Crippen LogP contribution < -0.4 is 0 Å². The zero-order valence-corrected chi connectivity index (χ0v) is 7.57. The first-order valence-corrected chi connectivity index (χ1v) is 3.85. The van der Waals surface area contributed by atoms with Crippen LogP contribution in [0.25, 0.3) is 0 Å². The molecule has 0 spiro atoms. The van der Waals surface area contributed by atoms with E-state index in [0.29, 0.717) is 13.2 Å². The second-order valence-electron chi connectivity index (χ2n) is 2.82. The Kier molecular flexibility index (Phi) is 2.21. The first-order chi connectivity index (χ1) is 5.57. The number of carbonyl (C=O) groups excluding carboxylic acids is 2. The summed E-state index contributed by atoms with van der Waals surface area (Å²) < 4.78 is 0. The van der Waals surface area contributed by atoms with Crippen molar-refractivity contribution in [2.75, 3.05) is 27.3 Å². The van der Waals surface area contributed by atoms with Gasteiger partial charge in [-0.15, -0.1) is 0 Å². The fourth-order valence-electron chi connectivity index (χ4n) is 1.16. The third-order valence-corrected chi connectivity index (χ3v) is 1.94. The predicted octanol–water partition coefficient (Wildman–Crippen LogP) is 0.383. The predicted molar refractivity (Wildman–Crippen MR) is 43.6 cm³/mol. The van der Waals surface area contributed by atoms with E-state index in [1.165, 1.54) is 11.9 Å². The van der Waals surface area contributed by atoms with Gasteiger partial charge in [-0.3, -0.25) is 0 Å². The normalized spacial score (nSPS) is 19.1. The average molecular weight is 171 g/mol. The Bertz CT molecular complexity index is 217. The maximum atomic E-state index is 11.3. The van der Waals surface area contributed by atoms with E-state index < -0.39 is 0 Å². The second-order valence-corrected chi connectivity index (χ2v) is 2.82. The first-order valence-electron chi connectivity index (χ1n) is 3.85. The van der Waals surface area contributed by atoms with Gasteiger partial charge < -0.3 is 9.80 Å². The Morgan fingerprint density at radius 2 is 1.83 bits per heavy atom. The van der Waals surface area contributed by atoms with Crippen LogP contribution in [0.5, 0.6) is 0 Å². The molecule has 0 aromatic carbocycles. The maximum Gasteiger partial charge on any atom is 0.329 e. The smallest absolute Gasteiger partial charge is 0.309 e. The molecule has 0 radical (unpaired) electrons. The van der Waals surface area contributed by atoms with Crippen LogP contribution in [0.3, 0.4) is 0 Å². The summed E-state index contributed by atoms with van der Waals surface area (Å²) in [5, 5.41) is 0. The summed E-state index contributed by atoms with van der Waals surface area (Å²) in [5.41, 5.74) is 0. The van der Waals surface area contributed by atoms with Gasteiger partial charge in [0.15, 0.2) is 0 Å². The van der Waals surface area contributed by atoms with Crippen LogP contribution >= 0.6 is 0 Å². The Morgan fingerprint density at radius 3 is 2.33 bits per heavy atom. The van der Waals surface area contributed by atoms with Gasteiger partial charge in [0.1, 0.15) is 0 Å². The zero-order chi connectivity index (χ0) is 9.30. The Morgan fingerprint density at radius 1 is 1.25 bits per heavy atom. The number of amides is 4. The van der Waals surface area contributed by atoms with Gasteiger partial charge >= 0.3 is 12.1 Å². The molecular weight excluding hydrogens is 158 g/mol. The molecular formula is C7H13N3O2. The topological polar surface area (TPSA) is 43.9 Å².